The van der Waals surface area contributed by atoms with Crippen molar-refractivity contribution in [3.63, 3.8) is 0 Å². The van der Waals surface area contributed by atoms with Crippen LogP contribution in [0, 0.1) is 5.92 Å². The molecule has 1 saturated carbocycles. The van der Waals surface area contributed by atoms with Crippen LogP contribution in [0.3, 0.4) is 0 Å². The maximum Gasteiger partial charge on any atom is 0.228 e. The zero-order valence-electron chi connectivity index (χ0n) is 11.1. The quantitative estimate of drug-likeness (QED) is 0.741. The van der Waals surface area contributed by atoms with Gasteiger partial charge in [0.05, 0.1) is 12.0 Å². The van der Waals surface area contributed by atoms with Crippen molar-refractivity contribution >= 4 is 5.91 Å². The fraction of sp³-hybridized carbons (Fsp3) is 0.533. The highest BCUT2D eigenvalue weighted by Crippen LogP contribution is 2.24. The highest BCUT2D eigenvalue weighted by atomic mass is 16.3. The third kappa shape index (κ3) is 3.78. The molecule has 3 unspecified atom stereocenters. The lowest BCUT2D eigenvalue weighted by Gasteiger charge is -2.17. The average Bonchev–Trinajstić information content (AvgIpc) is 2.84. The van der Waals surface area contributed by atoms with Gasteiger partial charge in [-0.1, -0.05) is 30.3 Å². The Morgan fingerprint density at radius 1 is 1.37 bits per heavy atom. The van der Waals surface area contributed by atoms with Gasteiger partial charge in [-0.05, 0) is 30.7 Å². The third-order valence-corrected chi connectivity index (χ3v) is 3.83. The first-order valence-corrected chi connectivity index (χ1v) is 6.91. The summed E-state index contributed by atoms with van der Waals surface area (Å²) in [5.41, 5.74) is 6.66. The second-order valence-electron chi connectivity index (χ2n) is 5.28. The first kappa shape index (κ1) is 14.0. The van der Waals surface area contributed by atoms with Crippen molar-refractivity contribution in [1.82, 2.24) is 5.32 Å². The molecule has 19 heavy (non-hydrogen) atoms. The Morgan fingerprint density at radius 2 is 2.11 bits per heavy atom. The average molecular weight is 262 g/mol. The van der Waals surface area contributed by atoms with Crippen LogP contribution in [0.4, 0.5) is 0 Å². The van der Waals surface area contributed by atoms with Crippen LogP contribution in [-0.2, 0) is 4.79 Å². The SMILES string of the molecule is NCC(C(=O)NCC1CCC(O)C1)c1ccccc1. The van der Waals surface area contributed by atoms with E-state index in [0.29, 0.717) is 19.0 Å². The predicted molar refractivity (Wildman–Crippen MR) is 74.6 cm³/mol. The smallest absolute Gasteiger partial charge is 0.228 e. The van der Waals surface area contributed by atoms with Gasteiger partial charge >= 0.3 is 0 Å². The number of benzene rings is 1. The molecule has 1 aromatic rings. The third-order valence-electron chi connectivity index (χ3n) is 3.83. The normalized spacial score (nSPS) is 24.1. The Hall–Kier alpha value is -1.39. The van der Waals surface area contributed by atoms with Gasteiger partial charge < -0.3 is 16.2 Å². The molecule has 1 aliphatic rings. The summed E-state index contributed by atoms with van der Waals surface area (Å²) < 4.78 is 0. The summed E-state index contributed by atoms with van der Waals surface area (Å²) in [4.78, 5) is 12.2. The molecule has 1 fully saturated rings. The molecule has 4 N–H and O–H groups in total. The minimum atomic E-state index is -0.285. The summed E-state index contributed by atoms with van der Waals surface area (Å²) >= 11 is 0. The lowest BCUT2D eigenvalue weighted by Crippen LogP contribution is -2.36. The van der Waals surface area contributed by atoms with Crippen LogP contribution >= 0.6 is 0 Å². The van der Waals surface area contributed by atoms with Crippen LogP contribution in [0.15, 0.2) is 30.3 Å². The molecule has 0 aromatic heterocycles. The van der Waals surface area contributed by atoms with Gasteiger partial charge in [0.2, 0.25) is 5.91 Å². The number of hydrogen-bond donors (Lipinski definition) is 3. The lowest BCUT2D eigenvalue weighted by molar-refractivity contribution is -0.122. The molecule has 1 amide bonds. The monoisotopic (exact) mass is 262 g/mol. The maximum atomic E-state index is 12.2. The van der Waals surface area contributed by atoms with E-state index in [1.807, 2.05) is 30.3 Å². The van der Waals surface area contributed by atoms with Crippen molar-refractivity contribution in [2.45, 2.75) is 31.3 Å². The molecule has 2 rings (SSSR count). The minimum Gasteiger partial charge on any atom is -0.393 e. The highest BCUT2D eigenvalue weighted by Gasteiger charge is 2.24. The molecule has 0 saturated heterocycles. The van der Waals surface area contributed by atoms with Crippen molar-refractivity contribution in [1.29, 1.82) is 0 Å². The van der Waals surface area contributed by atoms with Gasteiger partial charge in [-0.25, -0.2) is 0 Å². The first-order chi connectivity index (χ1) is 9.20. The second kappa shape index (κ2) is 6.68. The molecular formula is C15H22N2O2. The fourth-order valence-corrected chi connectivity index (χ4v) is 2.68. The summed E-state index contributed by atoms with van der Waals surface area (Å²) in [6.45, 7) is 0.947. The molecule has 0 heterocycles. The molecule has 4 heteroatoms. The molecule has 104 valence electrons. The van der Waals surface area contributed by atoms with Crippen molar-refractivity contribution in [3.05, 3.63) is 35.9 Å². The standard InChI is InChI=1S/C15H22N2O2/c16-9-14(12-4-2-1-3-5-12)15(19)17-10-11-6-7-13(18)8-11/h1-5,11,13-14,18H,6-10,16H2,(H,17,19). The van der Waals surface area contributed by atoms with Gasteiger partial charge in [-0.15, -0.1) is 0 Å². The van der Waals surface area contributed by atoms with Crippen LogP contribution in [0.2, 0.25) is 0 Å². The van der Waals surface area contributed by atoms with Gasteiger partial charge in [0.1, 0.15) is 0 Å². The van der Waals surface area contributed by atoms with E-state index < -0.39 is 0 Å². The van der Waals surface area contributed by atoms with Crippen LogP contribution in [-0.4, -0.2) is 30.2 Å². The summed E-state index contributed by atoms with van der Waals surface area (Å²) in [6.07, 6.45) is 2.43. The van der Waals surface area contributed by atoms with Gasteiger partial charge in [0.15, 0.2) is 0 Å². The van der Waals surface area contributed by atoms with Crippen molar-refractivity contribution in [2.75, 3.05) is 13.1 Å². The molecular weight excluding hydrogens is 240 g/mol. The molecule has 1 aromatic carbocycles. The molecule has 0 radical (unpaired) electrons. The topological polar surface area (TPSA) is 75.4 Å². The number of carbonyl (C=O) groups is 1. The van der Waals surface area contributed by atoms with Crippen LogP contribution in [0.5, 0.6) is 0 Å². The fourth-order valence-electron chi connectivity index (χ4n) is 2.68. The van der Waals surface area contributed by atoms with E-state index in [9.17, 15) is 9.90 Å². The minimum absolute atomic E-state index is 0.0184. The molecule has 3 atom stereocenters. The number of aliphatic hydroxyl groups is 1. The van der Waals surface area contributed by atoms with E-state index in [0.717, 1.165) is 24.8 Å². The summed E-state index contributed by atoms with van der Waals surface area (Å²) in [6, 6.07) is 9.61. The van der Waals surface area contributed by atoms with Gasteiger partial charge in [0, 0.05) is 13.1 Å². The van der Waals surface area contributed by atoms with Crippen LogP contribution in [0.1, 0.15) is 30.7 Å². The Balaban J connectivity index is 1.87. The van der Waals surface area contributed by atoms with Gasteiger partial charge in [-0.3, -0.25) is 4.79 Å². The van der Waals surface area contributed by atoms with Gasteiger partial charge in [0.25, 0.3) is 0 Å². The number of hydrogen-bond acceptors (Lipinski definition) is 3. The summed E-state index contributed by atoms with van der Waals surface area (Å²) in [5.74, 6) is 0.0933. The predicted octanol–water partition coefficient (Wildman–Crippen LogP) is 1.01. The van der Waals surface area contributed by atoms with E-state index in [1.54, 1.807) is 0 Å². The molecule has 1 aliphatic carbocycles. The molecule has 0 bridgehead atoms. The number of carbonyl (C=O) groups excluding carboxylic acids is 1. The lowest BCUT2D eigenvalue weighted by atomic mass is 9.98. The Bertz CT molecular complexity index is 408. The van der Waals surface area contributed by atoms with E-state index in [4.69, 9.17) is 5.73 Å². The molecule has 4 nitrogen and oxygen atoms in total. The maximum absolute atomic E-state index is 12.2. The van der Waals surface area contributed by atoms with Crippen molar-refractivity contribution < 1.29 is 9.90 Å². The Labute approximate surface area is 114 Å². The van der Waals surface area contributed by atoms with Crippen LogP contribution < -0.4 is 11.1 Å². The Kier molecular flexibility index (Phi) is 4.93. The number of amides is 1. The molecule has 0 spiro atoms. The number of nitrogens with one attached hydrogen (secondary N) is 1. The highest BCUT2D eigenvalue weighted by molar-refractivity contribution is 5.83. The Morgan fingerprint density at radius 3 is 2.68 bits per heavy atom. The van der Waals surface area contributed by atoms with Gasteiger partial charge in [-0.2, -0.15) is 0 Å². The van der Waals surface area contributed by atoms with Crippen molar-refractivity contribution in [3.8, 4) is 0 Å². The number of aliphatic hydroxyl groups excluding tert-OH is 1. The first-order valence-electron chi connectivity index (χ1n) is 6.91. The number of nitrogens with two attached hydrogens (primary N) is 1. The number of rotatable bonds is 5. The van der Waals surface area contributed by atoms with E-state index in [-0.39, 0.29) is 17.9 Å². The van der Waals surface area contributed by atoms with E-state index >= 15 is 0 Å². The van der Waals surface area contributed by atoms with Crippen LogP contribution in [0.25, 0.3) is 0 Å². The summed E-state index contributed by atoms with van der Waals surface area (Å²) in [7, 11) is 0. The zero-order chi connectivity index (χ0) is 13.7. The largest absolute Gasteiger partial charge is 0.393 e. The van der Waals surface area contributed by atoms with E-state index in [2.05, 4.69) is 5.32 Å². The molecule has 0 aliphatic heterocycles. The van der Waals surface area contributed by atoms with Crippen molar-refractivity contribution in [2.24, 2.45) is 11.7 Å². The van der Waals surface area contributed by atoms with E-state index in [1.165, 1.54) is 0 Å². The summed E-state index contributed by atoms with van der Waals surface area (Å²) in [5, 5.41) is 12.4. The second-order valence-corrected chi connectivity index (χ2v) is 5.28. The zero-order valence-corrected chi connectivity index (χ0v) is 11.1.